The molecule has 0 spiro atoms. The number of ether oxygens (including phenoxy) is 1. The van der Waals surface area contributed by atoms with Crippen LogP contribution in [0.1, 0.15) is 19.8 Å². The van der Waals surface area contributed by atoms with Crippen LogP contribution in [0.25, 0.3) is 0 Å². The molecule has 6 heteroatoms. The van der Waals surface area contributed by atoms with Crippen molar-refractivity contribution in [2.45, 2.75) is 32.4 Å². The van der Waals surface area contributed by atoms with Gasteiger partial charge >= 0.3 is 0 Å². The Morgan fingerprint density at radius 3 is 3.28 bits per heavy atom. The number of rotatable bonds is 5. The van der Waals surface area contributed by atoms with Crippen molar-refractivity contribution in [3.8, 4) is 0 Å². The lowest BCUT2D eigenvalue weighted by molar-refractivity contribution is -0.119. The van der Waals surface area contributed by atoms with Gasteiger partial charge in [-0.2, -0.15) is 5.10 Å². The minimum absolute atomic E-state index is 0.0748. The molecule has 2 rings (SSSR count). The van der Waals surface area contributed by atoms with Crippen LogP contribution in [0.15, 0.2) is 12.4 Å². The second-order valence-corrected chi connectivity index (χ2v) is 4.71. The van der Waals surface area contributed by atoms with Crippen LogP contribution in [-0.2, 0) is 16.1 Å². The first-order valence-corrected chi connectivity index (χ1v) is 6.34. The van der Waals surface area contributed by atoms with E-state index in [2.05, 4.69) is 10.4 Å². The molecule has 0 aromatic carbocycles. The Hall–Kier alpha value is -1.40. The highest BCUT2D eigenvalue weighted by Crippen LogP contribution is 2.15. The second kappa shape index (κ2) is 5.97. The molecule has 1 saturated heterocycles. The van der Waals surface area contributed by atoms with Gasteiger partial charge in [0.25, 0.3) is 0 Å². The van der Waals surface area contributed by atoms with Gasteiger partial charge in [-0.3, -0.25) is 9.48 Å². The summed E-state index contributed by atoms with van der Waals surface area (Å²) in [6.07, 6.45) is 5.91. The molecule has 0 radical (unpaired) electrons. The highest BCUT2D eigenvalue weighted by atomic mass is 16.5. The van der Waals surface area contributed by atoms with Crippen molar-refractivity contribution in [3.05, 3.63) is 12.4 Å². The monoisotopic (exact) mass is 252 g/mol. The van der Waals surface area contributed by atoms with Crippen molar-refractivity contribution in [2.75, 3.05) is 18.5 Å². The number of carbonyl (C=O) groups excluding carboxylic acids is 1. The molecule has 2 unspecified atom stereocenters. The summed E-state index contributed by atoms with van der Waals surface area (Å²) in [5, 5.41) is 7.00. The average Bonchev–Trinajstić information content (AvgIpc) is 3.01. The number of aromatic nitrogens is 2. The molecule has 0 aliphatic carbocycles. The molecule has 1 amide bonds. The molecule has 18 heavy (non-hydrogen) atoms. The van der Waals surface area contributed by atoms with Gasteiger partial charge < -0.3 is 15.8 Å². The SMILES string of the molecule is CC(CN)C(=O)Nc1cnn(CC2CCCO2)c1. The molecule has 0 bridgehead atoms. The Balaban J connectivity index is 1.87. The van der Waals surface area contributed by atoms with E-state index in [1.54, 1.807) is 17.8 Å². The zero-order valence-corrected chi connectivity index (χ0v) is 10.6. The van der Waals surface area contributed by atoms with Crippen LogP contribution in [0.4, 0.5) is 5.69 Å². The Morgan fingerprint density at radius 1 is 1.78 bits per heavy atom. The van der Waals surface area contributed by atoms with Crippen molar-refractivity contribution in [3.63, 3.8) is 0 Å². The van der Waals surface area contributed by atoms with Gasteiger partial charge in [-0.05, 0) is 12.8 Å². The van der Waals surface area contributed by atoms with Gasteiger partial charge in [0.1, 0.15) is 0 Å². The first-order chi connectivity index (χ1) is 8.69. The summed E-state index contributed by atoms with van der Waals surface area (Å²) in [5.41, 5.74) is 6.15. The van der Waals surface area contributed by atoms with Crippen LogP contribution >= 0.6 is 0 Å². The fourth-order valence-electron chi connectivity index (χ4n) is 1.90. The normalized spacial score (nSPS) is 20.9. The smallest absolute Gasteiger partial charge is 0.228 e. The average molecular weight is 252 g/mol. The molecule has 2 atom stereocenters. The third-order valence-electron chi connectivity index (χ3n) is 3.12. The van der Waals surface area contributed by atoms with Crippen LogP contribution in [0.3, 0.4) is 0 Å². The van der Waals surface area contributed by atoms with E-state index in [9.17, 15) is 4.79 Å². The lowest BCUT2D eigenvalue weighted by Crippen LogP contribution is -2.26. The fraction of sp³-hybridized carbons (Fsp3) is 0.667. The van der Waals surface area contributed by atoms with Gasteiger partial charge in [0, 0.05) is 25.3 Å². The number of anilines is 1. The number of nitrogens with zero attached hydrogens (tertiary/aromatic N) is 2. The first kappa shape index (κ1) is 13.0. The molecule has 3 N–H and O–H groups in total. The lowest BCUT2D eigenvalue weighted by atomic mass is 10.2. The molecule has 100 valence electrons. The maximum absolute atomic E-state index is 11.6. The van der Waals surface area contributed by atoms with Crippen LogP contribution < -0.4 is 11.1 Å². The van der Waals surface area contributed by atoms with E-state index in [4.69, 9.17) is 10.5 Å². The van der Waals surface area contributed by atoms with Gasteiger partial charge in [-0.1, -0.05) is 6.92 Å². The molecule has 6 nitrogen and oxygen atoms in total. The van der Waals surface area contributed by atoms with Crippen LogP contribution in [-0.4, -0.2) is 34.9 Å². The van der Waals surface area contributed by atoms with Gasteiger partial charge in [-0.15, -0.1) is 0 Å². The Labute approximate surface area is 106 Å². The quantitative estimate of drug-likeness (QED) is 0.803. The predicted octanol–water partition coefficient (Wildman–Crippen LogP) is 0.595. The number of hydrogen-bond donors (Lipinski definition) is 2. The van der Waals surface area contributed by atoms with E-state index in [0.29, 0.717) is 12.2 Å². The largest absolute Gasteiger partial charge is 0.376 e. The Morgan fingerprint density at radius 2 is 2.61 bits per heavy atom. The maximum atomic E-state index is 11.6. The first-order valence-electron chi connectivity index (χ1n) is 6.34. The maximum Gasteiger partial charge on any atom is 0.228 e. The lowest BCUT2D eigenvalue weighted by Gasteiger charge is -2.09. The van der Waals surface area contributed by atoms with E-state index < -0.39 is 0 Å². The van der Waals surface area contributed by atoms with E-state index in [1.807, 2.05) is 6.20 Å². The summed E-state index contributed by atoms with van der Waals surface area (Å²) < 4.78 is 7.34. The topological polar surface area (TPSA) is 82.2 Å². The van der Waals surface area contributed by atoms with Crippen molar-refractivity contribution >= 4 is 11.6 Å². The highest BCUT2D eigenvalue weighted by molar-refractivity contribution is 5.92. The number of nitrogens with two attached hydrogens (primary N) is 1. The number of nitrogens with one attached hydrogen (secondary N) is 1. The third-order valence-corrected chi connectivity index (χ3v) is 3.12. The molecular weight excluding hydrogens is 232 g/mol. The summed E-state index contributed by atoms with van der Waals surface area (Å²) >= 11 is 0. The van der Waals surface area contributed by atoms with Gasteiger partial charge in [-0.25, -0.2) is 0 Å². The van der Waals surface area contributed by atoms with Crippen molar-refractivity contribution in [1.82, 2.24) is 9.78 Å². The fourth-order valence-corrected chi connectivity index (χ4v) is 1.90. The molecular formula is C12H20N4O2. The van der Waals surface area contributed by atoms with Crippen LogP contribution in [0, 0.1) is 5.92 Å². The van der Waals surface area contributed by atoms with Crippen LogP contribution in [0.2, 0.25) is 0 Å². The number of carbonyl (C=O) groups is 1. The van der Waals surface area contributed by atoms with Gasteiger partial charge in [0.05, 0.1) is 24.5 Å². The van der Waals surface area contributed by atoms with Crippen molar-refractivity contribution in [1.29, 1.82) is 0 Å². The minimum Gasteiger partial charge on any atom is -0.376 e. The van der Waals surface area contributed by atoms with E-state index in [-0.39, 0.29) is 17.9 Å². The van der Waals surface area contributed by atoms with E-state index in [1.165, 1.54) is 0 Å². The Bertz CT molecular complexity index is 399. The molecule has 1 aliphatic heterocycles. The predicted molar refractivity (Wildman–Crippen MR) is 68.0 cm³/mol. The highest BCUT2D eigenvalue weighted by Gasteiger charge is 2.17. The summed E-state index contributed by atoms with van der Waals surface area (Å²) in [4.78, 5) is 11.6. The molecule has 1 aromatic rings. The van der Waals surface area contributed by atoms with E-state index in [0.717, 1.165) is 26.0 Å². The number of hydrogen-bond acceptors (Lipinski definition) is 4. The molecule has 1 aromatic heterocycles. The molecule has 2 heterocycles. The summed E-state index contributed by atoms with van der Waals surface area (Å²) in [7, 11) is 0. The van der Waals surface area contributed by atoms with Crippen LogP contribution in [0.5, 0.6) is 0 Å². The summed E-state index contributed by atoms with van der Waals surface area (Å²) in [6, 6.07) is 0. The minimum atomic E-state index is -0.188. The molecule has 1 fully saturated rings. The van der Waals surface area contributed by atoms with E-state index >= 15 is 0 Å². The van der Waals surface area contributed by atoms with Gasteiger partial charge in [0.15, 0.2) is 0 Å². The van der Waals surface area contributed by atoms with Gasteiger partial charge in [0.2, 0.25) is 5.91 Å². The second-order valence-electron chi connectivity index (χ2n) is 4.71. The Kier molecular flexibility index (Phi) is 4.33. The molecule has 0 saturated carbocycles. The van der Waals surface area contributed by atoms with Crippen molar-refractivity contribution in [2.24, 2.45) is 11.7 Å². The summed E-state index contributed by atoms with van der Waals surface area (Å²) in [6.45, 7) is 3.72. The summed E-state index contributed by atoms with van der Waals surface area (Å²) in [5.74, 6) is -0.263. The number of amides is 1. The standard InChI is InChI=1S/C12H20N4O2/c1-9(5-13)12(17)15-10-6-14-16(7-10)8-11-3-2-4-18-11/h6-7,9,11H,2-5,8,13H2,1H3,(H,15,17). The third kappa shape index (κ3) is 3.30. The zero-order chi connectivity index (χ0) is 13.0. The molecule has 1 aliphatic rings. The zero-order valence-electron chi connectivity index (χ0n) is 10.6. The van der Waals surface area contributed by atoms with Crippen molar-refractivity contribution < 1.29 is 9.53 Å².